The molecular weight excluding hydrogens is 272 g/mol. The summed E-state index contributed by atoms with van der Waals surface area (Å²) in [6, 6.07) is 18.9. The van der Waals surface area contributed by atoms with Crippen LogP contribution in [-0.4, -0.2) is 25.7 Å². The van der Waals surface area contributed by atoms with Gasteiger partial charge < -0.3 is 15.0 Å². The molecule has 1 saturated heterocycles. The highest BCUT2D eigenvalue weighted by Crippen LogP contribution is 2.26. The van der Waals surface area contributed by atoms with Gasteiger partial charge in [0.25, 0.3) is 0 Å². The SMILES string of the molecule is CCN(C[C@H]1CCCN1)c1cccc(Oc2ccccc2)c1. The number of nitrogens with zero attached hydrogens (tertiary/aromatic N) is 1. The molecule has 22 heavy (non-hydrogen) atoms. The van der Waals surface area contributed by atoms with Crippen molar-refractivity contribution in [3.05, 3.63) is 54.6 Å². The lowest BCUT2D eigenvalue weighted by atomic mass is 10.2. The first kappa shape index (κ1) is 14.9. The van der Waals surface area contributed by atoms with Crippen LogP contribution in [0.4, 0.5) is 5.69 Å². The second-order valence-corrected chi connectivity index (χ2v) is 5.74. The van der Waals surface area contributed by atoms with E-state index in [1.165, 1.54) is 18.5 Å². The van der Waals surface area contributed by atoms with E-state index in [1.807, 2.05) is 36.4 Å². The highest BCUT2D eigenvalue weighted by Gasteiger charge is 2.17. The molecule has 3 heteroatoms. The Hall–Kier alpha value is -2.00. The van der Waals surface area contributed by atoms with Crippen molar-refractivity contribution in [2.75, 3.05) is 24.5 Å². The van der Waals surface area contributed by atoms with E-state index < -0.39 is 0 Å². The predicted molar refractivity (Wildman–Crippen MR) is 91.9 cm³/mol. The summed E-state index contributed by atoms with van der Waals surface area (Å²) >= 11 is 0. The summed E-state index contributed by atoms with van der Waals surface area (Å²) in [5.74, 6) is 1.77. The maximum atomic E-state index is 5.94. The first-order valence-electron chi connectivity index (χ1n) is 8.16. The molecule has 2 aromatic carbocycles. The summed E-state index contributed by atoms with van der Waals surface area (Å²) in [5, 5.41) is 3.57. The van der Waals surface area contributed by atoms with E-state index in [1.54, 1.807) is 0 Å². The molecular formula is C19H24N2O. The largest absolute Gasteiger partial charge is 0.457 e. The molecule has 1 N–H and O–H groups in total. The van der Waals surface area contributed by atoms with Crippen LogP contribution in [0.1, 0.15) is 19.8 Å². The second-order valence-electron chi connectivity index (χ2n) is 5.74. The van der Waals surface area contributed by atoms with Gasteiger partial charge in [-0.15, -0.1) is 0 Å². The maximum absolute atomic E-state index is 5.94. The summed E-state index contributed by atoms with van der Waals surface area (Å²) in [4.78, 5) is 2.42. The Balaban J connectivity index is 1.71. The van der Waals surface area contributed by atoms with Gasteiger partial charge in [0.1, 0.15) is 11.5 Å². The molecule has 3 nitrogen and oxygen atoms in total. The summed E-state index contributed by atoms with van der Waals surface area (Å²) in [5.41, 5.74) is 1.23. The van der Waals surface area contributed by atoms with Crippen molar-refractivity contribution in [2.45, 2.75) is 25.8 Å². The molecule has 0 amide bonds. The molecule has 3 rings (SSSR count). The fourth-order valence-electron chi connectivity index (χ4n) is 2.96. The van der Waals surface area contributed by atoms with E-state index in [0.29, 0.717) is 6.04 Å². The first-order valence-corrected chi connectivity index (χ1v) is 8.16. The van der Waals surface area contributed by atoms with Crippen LogP contribution in [0.3, 0.4) is 0 Å². The zero-order chi connectivity index (χ0) is 15.2. The Kier molecular flexibility index (Phi) is 4.96. The minimum absolute atomic E-state index is 0.610. The molecule has 1 atom stereocenters. The highest BCUT2D eigenvalue weighted by atomic mass is 16.5. The number of ether oxygens (including phenoxy) is 1. The monoisotopic (exact) mass is 296 g/mol. The van der Waals surface area contributed by atoms with Crippen LogP contribution in [0, 0.1) is 0 Å². The van der Waals surface area contributed by atoms with Crippen molar-refractivity contribution in [2.24, 2.45) is 0 Å². The molecule has 0 radical (unpaired) electrons. The number of hydrogen-bond acceptors (Lipinski definition) is 3. The van der Waals surface area contributed by atoms with Gasteiger partial charge in [0.2, 0.25) is 0 Å². The smallest absolute Gasteiger partial charge is 0.129 e. The van der Waals surface area contributed by atoms with Gasteiger partial charge >= 0.3 is 0 Å². The Morgan fingerprint density at radius 1 is 1.09 bits per heavy atom. The molecule has 0 bridgehead atoms. The van der Waals surface area contributed by atoms with Crippen molar-refractivity contribution in [1.82, 2.24) is 5.32 Å². The number of nitrogens with one attached hydrogen (secondary N) is 1. The lowest BCUT2D eigenvalue weighted by molar-refractivity contribution is 0.482. The van der Waals surface area contributed by atoms with Crippen molar-refractivity contribution < 1.29 is 4.74 Å². The normalized spacial score (nSPS) is 17.4. The van der Waals surface area contributed by atoms with Crippen LogP contribution in [-0.2, 0) is 0 Å². The molecule has 1 aliphatic rings. The Bertz CT molecular complexity index is 579. The average molecular weight is 296 g/mol. The third-order valence-electron chi connectivity index (χ3n) is 4.15. The van der Waals surface area contributed by atoms with E-state index in [4.69, 9.17) is 4.74 Å². The molecule has 1 fully saturated rings. The average Bonchev–Trinajstić information content (AvgIpc) is 3.07. The molecule has 116 valence electrons. The second kappa shape index (κ2) is 7.32. The lowest BCUT2D eigenvalue weighted by Gasteiger charge is -2.27. The van der Waals surface area contributed by atoms with Gasteiger partial charge in [-0.2, -0.15) is 0 Å². The summed E-state index contributed by atoms with van der Waals surface area (Å²) in [7, 11) is 0. The minimum Gasteiger partial charge on any atom is -0.457 e. The Labute approximate surface area is 132 Å². The summed E-state index contributed by atoms with van der Waals surface area (Å²) < 4.78 is 5.94. The van der Waals surface area contributed by atoms with Crippen LogP contribution >= 0.6 is 0 Å². The molecule has 0 unspecified atom stereocenters. The third kappa shape index (κ3) is 3.80. The third-order valence-corrected chi connectivity index (χ3v) is 4.15. The van der Waals surface area contributed by atoms with Crippen LogP contribution in [0.15, 0.2) is 54.6 Å². The van der Waals surface area contributed by atoms with Gasteiger partial charge in [0.15, 0.2) is 0 Å². The van der Waals surface area contributed by atoms with Crippen molar-refractivity contribution in [3.8, 4) is 11.5 Å². The summed E-state index contributed by atoms with van der Waals surface area (Å²) in [6.07, 6.45) is 2.57. The van der Waals surface area contributed by atoms with Crippen LogP contribution in [0.5, 0.6) is 11.5 Å². The predicted octanol–water partition coefficient (Wildman–Crippen LogP) is 4.06. The molecule has 0 saturated carbocycles. The van der Waals surface area contributed by atoms with Crippen molar-refractivity contribution >= 4 is 5.69 Å². The standard InChI is InChI=1S/C19H24N2O/c1-2-21(15-16-8-7-13-20-16)17-9-6-12-19(14-17)22-18-10-4-3-5-11-18/h3-6,9-12,14,16,20H,2,7-8,13,15H2,1H3/t16-/m1/s1. The molecule has 0 spiro atoms. The van der Waals surface area contributed by atoms with Crippen LogP contribution in [0.25, 0.3) is 0 Å². The maximum Gasteiger partial charge on any atom is 0.129 e. The quantitative estimate of drug-likeness (QED) is 0.870. The van der Waals surface area contributed by atoms with E-state index in [2.05, 4.69) is 35.3 Å². The zero-order valence-electron chi connectivity index (χ0n) is 13.2. The number of likely N-dealkylation sites (N-methyl/N-ethyl adjacent to an activating group) is 1. The van der Waals surface area contributed by atoms with Crippen LogP contribution in [0.2, 0.25) is 0 Å². The number of hydrogen-bond donors (Lipinski definition) is 1. The number of para-hydroxylation sites is 1. The molecule has 2 aromatic rings. The highest BCUT2D eigenvalue weighted by molar-refractivity contribution is 5.51. The molecule has 0 aliphatic carbocycles. The van der Waals surface area contributed by atoms with Gasteiger partial charge in [-0.3, -0.25) is 0 Å². The number of rotatable bonds is 6. The molecule has 1 heterocycles. The van der Waals surface area contributed by atoms with E-state index in [9.17, 15) is 0 Å². The molecule has 1 aliphatic heterocycles. The van der Waals surface area contributed by atoms with Crippen molar-refractivity contribution in [3.63, 3.8) is 0 Å². The lowest BCUT2D eigenvalue weighted by Crippen LogP contribution is -2.37. The number of benzene rings is 2. The minimum atomic E-state index is 0.610. The van der Waals surface area contributed by atoms with Crippen LogP contribution < -0.4 is 15.0 Å². The topological polar surface area (TPSA) is 24.5 Å². The summed E-state index contributed by atoms with van der Waals surface area (Å²) in [6.45, 7) is 5.43. The van der Waals surface area contributed by atoms with E-state index in [-0.39, 0.29) is 0 Å². The van der Waals surface area contributed by atoms with Gasteiger partial charge in [-0.05, 0) is 50.6 Å². The number of anilines is 1. The van der Waals surface area contributed by atoms with Gasteiger partial charge in [-0.25, -0.2) is 0 Å². The van der Waals surface area contributed by atoms with Gasteiger partial charge in [0.05, 0.1) is 0 Å². The van der Waals surface area contributed by atoms with Crippen molar-refractivity contribution in [1.29, 1.82) is 0 Å². The molecule has 0 aromatic heterocycles. The fourth-order valence-corrected chi connectivity index (χ4v) is 2.96. The van der Waals surface area contributed by atoms with Gasteiger partial charge in [0, 0.05) is 30.9 Å². The Morgan fingerprint density at radius 3 is 2.64 bits per heavy atom. The first-order chi connectivity index (χ1) is 10.8. The fraction of sp³-hybridized carbons (Fsp3) is 0.368. The Morgan fingerprint density at radius 2 is 1.91 bits per heavy atom. The van der Waals surface area contributed by atoms with E-state index >= 15 is 0 Å². The van der Waals surface area contributed by atoms with Gasteiger partial charge in [-0.1, -0.05) is 24.3 Å². The zero-order valence-corrected chi connectivity index (χ0v) is 13.2. The van der Waals surface area contributed by atoms with E-state index in [0.717, 1.165) is 31.1 Å².